The second-order valence-corrected chi connectivity index (χ2v) is 8.46. The van der Waals surface area contributed by atoms with Gasteiger partial charge in [0, 0.05) is 29.7 Å². The van der Waals surface area contributed by atoms with Crippen LogP contribution < -0.4 is 0 Å². The number of aromatic nitrogens is 8. The molecule has 0 bridgehead atoms. The number of rotatable bonds is 7. The van der Waals surface area contributed by atoms with Gasteiger partial charge in [-0.25, -0.2) is 9.67 Å². The monoisotopic (exact) mass is 428 g/mol. The molecule has 0 spiro atoms. The van der Waals surface area contributed by atoms with Crippen LogP contribution in [0.15, 0.2) is 42.6 Å². The summed E-state index contributed by atoms with van der Waals surface area (Å²) in [7, 11) is 0. The third-order valence-corrected chi connectivity index (χ3v) is 6.15. The molecule has 5 rings (SSSR count). The predicted molar refractivity (Wildman–Crippen MR) is 122 cm³/mol. The van der Waals surface area contributed by atoms with Crippen molar-refractivity contribution in [3.8, 4) is 22.6 Å². The van der Waals surface area contributed by atoms with Crippen LogP contribution in [0.4, 0.5) is 0 Å². The standard InChI is InChI=1S/C24H28N8/c1-2-8-22-26-23(18-9-4-3-5-10-18)29-32(22)16-17-13-14-21(25-15-17)19-11-6-7-12-20(19)24-27-30-31-28-24/h6-7,11-15,18H,2-5,8-10,16H2,1H3,(H,27,28,30,31). The molecule has 1 aromatic carbocycles. The summed E-state index contributed by atoms with van der Waals surface area (Å²) in [4.78, 5) is 9.67. The fourth-order valence-corrected chi connectivity index (χ4v) is 4.49. The summed E-state index contributed by atoms with van der Waals surface area (Å²) in [5.41, 5.74) is 3.88. The number of tetrazole rings is 1. The first-order chi connectivity index (χ1) is 15.8. The largest absolute Gasteiger partial charge is 0.256 e. The van der Waals surface area contributed by atoms with Crippen molar-refractivity contribution in [2.45, 2.75) is 64.3 Å². The maximum atomic E-state index is 4.93. The van der Waals surface area contributed by atoms with Gasteiger partial charge in [-0.15, -0.1) is 10.2 Å². The summed E-state index contributed by atoms with van der Waals surface area (Å²) in [6.45, 7) is 2.88. The molecule has 1 fully saturated rings. The second-order valence-electron chi connectivity index (χ2n) is 8.46. The minimum atomic E-state index is 0.516. The molecule has 0 radical (unpaired) electrons. The SMILES string of the molecule is CCCc1nc(C2CCCCC2)nn1Cc1ccc(-c2ccccc2-c2nn[nH]n2)nc1. The third-order valence-electron chi connectivity index (χ3n) is 6.15. The molecule has 4 aromatic rings. The number of hydrogen-bond donors (Lipinski definition) is 1. The highest BCUT2D eigenvalue weighted by atomic mass is 15.5. The lowest BCUT2D eigenvalue weighted by Crippen LogP contribution is -2.09. The van der Waals surface area contributed by atoms with E-state index in [0.717, 1.165) is 46.9 Å². The number of hydrogen-bond acceptors (Lipinski definition) is 6. The lowest BCUT2D eigenvalue weighted by molar-refractivity contribution is 0.426. The van der Waals surface area contributed by atoms with E-state index in [0.29, 0.717) is 18.3 Å². The van der Waals surface area contributed by atoms with E-state index in [1.165, 1.54) is 32.1 Å². The number of aryl methyl sites for hydroxylation is 1. The Kier molecular flexibility index (Phi) is 6.00. The van der Waals surface area contributed by atoms with Crippen molar-refractivity contribution in [3.63, 3.8) is 0 Å². The van der Waals surface area contributed by atoms with E-state index >= 15 is 0 Å². The van der Waals surface area contributed by atoms with Gasteiger partial charge in [0.15, 0.2) is 5.82 Å². The van der Waals surface area contributed by atoms with Crippen molar-refractivity contribution in [1.82, 2.24) is 40.4 Å². The Hall–Kier alpha value is -3.42. The molecule has 0 aliphatic heterocycles. The van der Waals surface area contributed by atoms with E-state index in [1.54, 1.807) is 0 Å². The fraction of sp³-hybridized carbons (Fsp3) is 0.417. The molecule has 3 heterocycles. The Morgan fingerprint density at radius 2 is 1.88 bits per heavy atom. The third kappa shape index (κ3) is 4.30. The van der Waals surface area contributed by atoms with Crippen LogP contribution in [0.2, 0.25) is 0 Å². The summed E-state index contributed by atoms with van der Waals surface area (Å²) < 4.78 is 2.08. The maximum absolute atomic E-state index is 4.93. The second kappa shape index (κ2) is 9.38. The summed E-state index contributed by atoms with van der Waals surface area (Å²) >= 11 is 0. The zero-order valence-corrected chi connectivity index (χ0v) is 18.4. The van der Waals surface area contributed by atoms with Gasteiger partial charge in [-0.05, 0) is 36.1 Å². The lowest BCUT2D eigenvalue weighted by Gasteiger charge is -2.18. The van der Waals surface area contributed by atoms with E-state index in [2.05, 4.69) is 38.3 Å². The first kappa shape index (κ1) is 20.5. The quantitative estimate of drug-likeness (QED) is 0.463. The zero-order chi connectivity index (χ0) is 21.8. The van der Waals surface area contributed by atoms with E-state index in [4.69, 9.17) is 15.1 Å². The highest BCUT2D eigenvalue weighted by Crippen LogP contribution is 2.31. The molecule has 1 saturated carbocycles. The Bertz CT molecular complexity index is 1140. The van der Waals surface area contributed by atoms with Gasteiger partial charge >= 0.3 is 0 Å². The molecule has 1 aliphatic carbocycles. The smallest absolute Gasteiger partial charge is 0.205 e. The predicted octanol–water partition coefficient (Wildman–Crippen LogP) is 4.57. The Balaban J connectivity index is 1.38. The summed E-state index contributed by atoms with van der Waals surface area (Å²) in [5.74, 6) is 3.20. The van der Waals surface area contributed by atoms with Crippen molar-refractivity contribution in [3.05, 3.63) is 59.8 Å². The van der Waals surface area contributed by atoms with Gasteiger partial charge in [0.25, 0.3) is 0 Å². The van der Waals surface area contributed by atoms with Gasteiger partial charge in [-0.2, -0.15) is 10.3 Å². The molecule has 164 valence electrons. The Morgan fingerprint density at radius 3 is 2.59 bits per heavy atom. The van der Waals surface area contributed by atoms with E-state index in [9.17, 15) is 0 Å². The van der Waals surface area contributed by atoms with Crippen LogP contribution >= 0.6 is 0 Å². The molecular weight excluding hydrogens is 400 g/mol. The molecule has 1 N–H and O–H groups in total. The van der Waals surface area contributed by atoms with Crippen molar-refractivity contribution >= 4 is 0 Å². The lowest BCUT2D eigenvalue weighted by atomic mass is 9.89. The molecular formula is C24H28N8. The molecule has 1 aliphatic rings. The number of H-pyrrole nitrogens is 1. The molecule has 32 heavy (non-hydrogen) atoms. The maximum Gasteiger partial charge on any atom is 0.205 e. The van der Waals surface area contributed by atoms with Crippen molar-refractivity contribution in [2.24, 2.45) is 0 Å². The molecule has 8 nitrogen and oxygen atoms in total. The van der Waals surface area contributed by atoms with Crippen molar-refractivity contribution < 1.29 is 0 Å². The fourth-order valence-electron chi connectivity index (χ4n) is 4.49. The molecule has 0 saturated heterocycles. The van der Waals surface area contributed by atoms with Gasteiger partial charge in [-0.1, -0.05) is 56.5 Å². The van der Waals surface area contributed by atoms with E-state index < -0.39 is 0 Å². The minimum absolute atomic E-state index is 0.516. The molecule has 3 aromatic heterocycles. The van der Waals surface area contributed by atoms with Gasteiger partial charge in [0.1, 0.15) is 5.82 Å². The van der Waals surface area contributed by atoms with Crippen LogP contribution in [0, 0.1) is 0 Å². The summed E-state index contributed by atoms with van der Waals surface area (Å²) in [5, 5.41) is 19.4. The topological polar surface area (TPSA) is 98.1 Å². The van der Waals surface area contributed by atoms with Gasteiger partial charge < -0.3 is 0 Å². The normalized spacial score (nSPS) is 14.7. The molecule has 8 heteroatoms. The van der Waals surface area contributed by atoms with Crippen LogP contribution in [0.1, 0.15) is 68.6 Å². The minimum Gasteiger partial charge on any atom is -0.256 e. The number of nitrogens with zero attached hydrogens (tertiary/aromatic N) is 7. The van der Waals surface area contributed by atoms with Crippen molar-refractivity contribution in [2.75, 3.05) is 0 Å². The Labute approximate surface area is 187 Å². The average molecular weight is 429 g/mol. The highest BCUT2D eigenvalue weighted by Gasteiger charge is 2.21. The Morgan fingerprint density at radius 1 is 1.03 bits per heavy atom. The summed E-state index contributed by atoms with van der Waals surface area (Å²) in [6.07, 6.45) is 10.3. The summed E-state index contributed by atoms with van der Waals surface area (Å²) in [6, 6.07) is 12.1. The molecule has 0 atom stereocenters. The van der Waals surface area contributed by atoms with Crippen LogP contribution in [0.5, 0.6) is 0 Å². The molecule has 0 amide bonds. The number of pyridine rings is 1. The number of nitrogens with one attached hydrogen (secondary N) is 1. The van der Waals surface area contributed by atoms with Gasteiger partial charge in [0.05, 0.1) is 12.2 Å². The van der Waals surface area contributed by atoms with Gasteiger partial charge in [0.2, 0.25) is 5.82 Å². The van der Waals surface area contributed by atoms with E-state index in [1.807, 2.05) is 36.5 Å². The molecule has 0 unspecified atom stereocenters. The van der Waals surface area contributed by atoms with E-state index in [-0.39, 0.29) is 0 Å². The first-order valence-electron chi connectivity index (χ1n) is 11.5. The first-order valence-corrected chi connectivity index (χ1v) is 11.5. The van der Waals surface area contributed by atoms with Gasteiger partial charge in [-0.3, -0.25) is 4.98 Å². The number of benzene rings is 1. The van der Waals surface area contributed by atoms with Crippen molar-refractivity contribution in [1.29, 1.82) is 0 Å². The average Bonchev–Trinajstić information content (AvgIpc) is 3.51. The van der Waals surface area contributed by atoms with Crippen LogP contribution in [-0.4, -0.2) is 40.4 Å². The number of aromatic amines is 1. The van der Waals surface area contributed by atoms with Crippen LogP contribution in [0.25, 0.3) is 22.6 Å². The highest BCUT2D eigenvalue weighted by molar-refractivity contribution is 5.78. The van der Waals surface area contributed by atoms with Crippen LogP contribution in [-0.2, 0) is 13.0 Å². The van der Waals surface area contributed by atoms with Crippen LogP contribution in [0.3, 0.4) is 0 Å². The zero-order valence-electron chi connectivity index (χ0n) is 18.4.